The predicted octanol–water partition coefficient (Wildman–Crippen LogP) is 3.74. The molecule has 3 heterocycles. The zero-order valence-corrected chi connectivity index (χ0v) is 26.8. The number of hydrogen-bond acceptors (Lipinski definition) is 9. The number of hydrogen-bond donors (Lipinski definition) is 2. The van der Waals surface area contributed by atoms with Crippen LogP contribution in [0.25, 0.3) is 17.1 Å². The molecule has 14 heteroatoms. The second kappa shape index (κ2) is 11.9. The molecule has 234 valence electrons. The summed E-state index contributed by atoms with van der Waals surface area (Å²) < 4.78 is 41.3. The van der Waals surface area contributed by atoms with Crippen LogP contribution in [0.15, 0.2) is 42.7 Å². The monoisotopic (exact) mass is 622 g/mol. The van der Waals surface area contributed by atoms with E-state index in [1.165, 1.54) is 7.11 Å². The summed E-state index contributed by atoms with van der Waals surface area (Å²) in [7, 11) is -0.281. The topological polar surface area (TPSA) is 146 Å². The van der Waals surface area contributed by atoms with E-state index in [2.05, 4.69) is 30.2 Å². The van der Waals surface area contributed by atoms with Gasteiger partial charge in [-0.1, -0.05) is 32.1 Å². The molecule has 1 fully saturated rings. The highest BCUT2D eigenvalue weighted by molar-refractivity contribution is 7.92. The first-order chi connectivity index (χ1) is 20.7. The van der Waals surface area contributed by atoms with Crippen LogP contribution in [-0.4, -0.2) is 78.5 Å². The Morgan fingerprint density at radius 3 is 2.50 bits per heavy atom. The van der Waals surface area contributed by atoms with Gasteiger partial charge in [0.1, 0.15) is 5.69 Å². The molecule has 0 radical (unpaired) electrons. The minimum Gasteiger partial charge on any atom is -0.494 e. The van der Waals surface area contributed by atoms with Crippen LogP contribution in [0.1, 0.15) is 42.3 Å². The number of sulfonamides is 1. The molecule has 2 N–H and O–H groups in total. The van der Waals surface area contributed by atoms with E-state index in [0.717, 1.165) is 47.8 Å². The van der Waals surface area contributed by atoms with E-state index in [1.807, 2.05) is 57.6 Å². The first-order valence-electron chi connectivity index (χ1n) is 14.1. The number of morpholine rings is 1. The van der Waals surface area contributed by atoms with E-state index in [-0.39, 0.29) is 22.4 Å². The molecule has 13 nitrogen and oxygen atoms in total. The van der Waals surface area contributed by atoms with Gasteiger partial charge in [0.2, 0.25) is 16.0 Å². The fourth-order valence-electron chi connectivity index (χ4n) is 5.05. The number of carbonyl (C=O) groups excluding carboxylic acids is 1. The Kier molecular flexibility index (Phi) is 8.40. The summed E-state index contributed by atoms with van der Waals surface area (Å²) in [5, 5.41) is 11.7. The molecule has 0 unspecified atom stereocenters. The molecular formula is C30H38N8O5S. The lowest BCUT2D eigenvalue weighted by molar-refractivity contribution is 0.102. The van der Waals surface area contributed by atoms with Crippen molar-refractivity contribution >= 4 is 33.3 Å². The fourth-order valence-corrected chi connectivity index (χ4v) is 5.60. The molecule has 2 aromatic heterocycles. The minimum absolute atomic E-state index is 0.127. The normalized spacial score (nSPS) is 14.0. The van der Waals surface area contributed by atoms with E-state index >= 15 is 0 Å². The van der Waals surface area contributed by atoms with Gasteiger partial charge in [0.05, 0.1) is 61.6 Å². The van der Waals surface area contributed by atoms with E-state index in [0.29, 0.717) is 24.6 Å². The Bertz CT molecular complexity index is 1800. The predicted molar refractivity (Wildman–Crippen MR) is 169 cm³/mol. The molecule has 0 spiro atoms. The molecule has 0 saturated carbocycles. The van der Waals surface area contributed by atoms with Crippen molar-refractivity contribution in [2.24, 2.45) is 7.05 Å². The number of nitrogens with one attached hydrogen (secondary N) is 2. The van der Waals surface area contributed by atoms with E-state index < -0.39 is 15.9 Å². The average molecular weight is 623 g/mol. The fraction of sp³-hybridized carbons (Fsp3) is 0.400. The van der Waals surface area contributed by atoms with Crippen LogP contribution in [0.2, 0.25) is 0 Å². The van der Waals surface area contributed by atoms with Gasteiger partial charge in [-0.25, -0.2) is 18.1 Å². The Morgan fingerprint density at radius 2 is 1.84 bits per heavy atom. The number of benzene rings is 2. The van der Waals surface area contributed by atoms with Crippen molar-refractivity contribution in [1.29, 1.82) is 0 Å². The van der Waals surface area contributed by atoms with Gasteiger partial charge in [0.15, 0.2) is 5.75 Å². The molecule has 0 atom stereocenters. The maximum Gasteiger partial charge on any atom is 0.259 e. The number of rotatable bonds is 8. The molecule has 0 bridgehead atoms. The van der Waals surface area contributed by atoms with Crippen LogP contribution in [-0.2, 0) is 27.2 Å². The van der Waals surface area contributed by atoms with Gasteiger partial charge in [-0.2, -0.15) is 0 Å². The van der Waals surface area contributed by atoms with E-state index in [1.54, 1.807) is 29.1 Å². The van der Waals surface area contributed by atoms with Gasteiger partial charge in [0, 0.05) is 25.8 Å². The SMILES string of the molecule is COc1c(NS(C)(=O)=O)cc(C(C)(C)C)cc1C(=O)Nc1ccc(C)c(-n2cc(-c3cnc(N4CCOCC4)n3C)nn2)c1. The molecule has 1 amide bonds. The second-order valence-electron chi connectivity index (χ2n) is 11.8. The van der Waals surface area contributed by atoms with Crippen molar-refractivity contribution < 1.29 is 22.7 Å². The summed E-state index contributed by atoms with van der Waals surface area (Å²) in [6.07, 6.45) is 4.67. The van der Waals surface area contributed by atoms with Crippen molar-refractivity contribution in [2.45, 2.75) is 33.1 Å². The third-order valence-electron chi connectivity index (χ3n) is 7.43. The smallest absolute Gasteiger partial charge is 0.259 e. The van der Waals surface area contributed by atoms with Crippen molar-refractivity contribution in [3.05, 3.63) is 59.4 Å². The molecule has 44 heavy (non-hydrogen) atoms. The van der Waals surface area contributed by atoms with Crippen LogP contribution in [0.4, 0.5) is 17.3 Å². The highest BCUT2D eigenvalue weighted by atomic mass is 32.2. The summed E-state index contributed by atoms with van der Waals surface area (Å²) in [6.45, 7) is 10.8. The Labute approximate surface area is 257 Å². The number of ether oxygens (including phenoxy) is 2. The van der Waals surface area contributed by atoms with Crippen molar-refractivity contribution in [3.8, 4) is 22.8 Å². The van der Waals surface area contributed by atoms with Gasteiger partial charge in [-0.05, 0) is 47.7 Å². The molecule has 1 saturated heterocycles. The van der Waals surface area contributed by atoms with Crippen molar-refractivity contribution in [3.63, 3.8) is 0 Å². The largest absolute Gasteiger partial charge is 0.494 e. The molecule has 2 aromatic carbocycles. The molecule has 0 aliphatic carbocycles. The molecule has 5 rings (SSSR count). The van der Waals surface area contributed by atoms with Crippen LogP contribution < -0.4 is 19.7 Å². The number of aromatic nitrogens is 5. The molecular weight excluding hydrogens is 584 g/mol. The van der Waals surface area contributed by atoms with E-state index in [4.69, 9.17) is 9.47 Å². The number of carbonyl (C=O) groups is 1. The number of aryl methyl sites for hydroxylation is 1. The Balaban J connectivity index is 1.44. The zero-order valence-electron chi connectivity index (χ0n) is 26.0. The summed E-state index contributed by atoms with van der Waals surface area (Å²) in [6, 6.07) is 8.89. The Hall–Kier alpha value is -4.43. The molecule has 1 aliphatic heterocycles. The summed E-state index contributed by atoms with van der Waals surface area (Å²) in [5.41, 5.74) is 4.44. The summed E-state index contributed by atoms with van der Waals surface area (Å²) in [4.78, 5) is 20.5. The van der Waals surface area contributed by atoms with Gasteiger partial charge in [0.25, 0.3) is 5.91 Å². The highest BCUT2D eigenvalue weighted by Gasteiger charge is 2.25. The lowest BCUT2D eigenvalue weighted by atomic mass is 9.85. The maximum atomic E-state index is 13.7. The quantitative estimate of drug-likeness (QED) is 0.300. The van der Waals surface area contributed by atoms with Gasteiger partial charge in [-0.3, -0.25) is 9.52 Å². The third kappa shape index (κ3) is 6.55. The van der Waals surface area contributed by atoms with Crippen molar-refractivity contribution in [2.75, 3.05) is 54.6 Å². The summed E-state index contributed by atoms with van der Waals surface area (Å²) in [5.74, 6) is 0.519. The third-order valence-corrected chi connectivity index (χ3v) is 8.02. The van der Waals surface area contributed by atoms with Gasteiger partial charge in [-0.15, -0.1) is 5.10 Å². The number of anilines is 3. The van der Waals surface area contributed by atoms with E-state index in [9.17, 15) is 13.2 Å². The molecule has 1 aliphatic rings. The number of imidazole rings is 1. The van der Waals surface area contributed by atoms with Gasteiger partial charge >= 0.3 is 0 Å². The van der Waals surface area contributed by atoms with Crippen molar-refractivity contribution in [1.82, 2.24) is 24.5 Å². The molecule has 4 aromatic rings. The van der Waals surface area contributed by atoms with Crippen LogP contribution in [0.3, 0.4) is 0 Å². The zero-order chi connectivity index (χ0) is 31.8. The number of amides is 1. The average Bonchev–Trinajstić information content (AvgIpc) is 3.59. The standard InChI is InChI=1S/C30H38N8O5S/c1-19-8-9-21(32-28(39)22-14-20(30(2,3)4)15-23(27(22)42-6)34-44(7,40)41)16-25(19)38-18-24(33-35-38)26-17-31-29(36(26)5)37-10-12-43-13-11-37/h8-9,14-18,34H,10-13H2,1-7H3,(H,32,39). The van der Waals surface area contributed by atoms with Gasteiger partial charge < -0.3 is 24.3 Å². The second-order valence-corrected chi connectivity index (χ2v) is 13.6. The lowest BCUT2D eigenvalue weighted by Gasteiger charge is -2.27. The number of nitrogens with zero attached hydrogens (tertiary/aromatic N) is 6. The highest BCUT2D eigenvalue weighted by Crippen LogP contribution is 2.36. The van der Waals surface area contributed by atoms with Crippen LogP contribution in [0, 0.1) is 6.92 Å². The first kappa shape index (κ1) is 31.0. The maximum absolute atomic E-state index is 13.7. The number of methoxy groups -OCH3 is 1. The lowest BCUT2D eigenvalue weighted by Crippen LogP contribution is -2.37. The summed E-state index contributed by atoms with van der Waals surface area (Å²) >= 11 is 0. The minimum atomic E-state index is -3.63. The van der Waals surface area contributed by atoms with Crippen LogP contribution in [0.5, 0.6) is 5.75 Å². The Morgan fingerprint density at radius 1 is 1.11 bits per heavy atom. The van der Waals surface area contributed by atoms with Crippen LogP contribution >= 0.6 is 0 Å². The first-order valence-corrected chi connectivity index (χ1v) is 16.0.